The summed E-state index contributed by atoms with van der Waals surface area (Å²) in [5.74, 6) is 0. The van der Waals surface area contributed by atoms with Gasteiger partial charge in [0.2, 0.25) is 0 Å². The normalized spacial score (nSPS) is 10.1. The van der Waals surface area contributed by atoms with Gasteiger partial charge < -0.3 is 23.6 Å². The minimum atomic E-state index is -4.61. The molecule has 0 aromatic rings. The molecule has 0 rings (SSSR count). The molecule has 0 aliphatic rings. The summed E-state index contributed by atoms with van der Waals surface area (Å²) in [6.45, 7) is 0. The Kier molecular flexibility index (Phi) is 7.45. The second kappa shape index (κ2) is 5.37. The lowest BCUT2D eigenvalue weighted by Crippen LogP contribution is -2.33. The maximum absolute atomic E-state index is 7.33. The third-order valence-corrected chi connectivity index (χ3v) is 0. The van der Waals surface area contributed by atoms with Gasteiger partial charge in [0.25, 0.3) is 0 Å². The van der Waals surface area contributed by atoms with Gasteiger partial charge in [-0.25, -0.2) is 0 Å². The van der Waals surface area contributed by atoms with Crippen molar-refractivity contribution >= 4 is 19.5 Å². The third kappa shape index (κ3) is 3120. The number of hydrogen-bond donors (Lipinski definition) is 4. The van der Waals surface area contributed by atoms with Crippen LogP contribution in [0.15, 0.2) is 0 Å². The molecule has 0 amide bonds. The van der Waals surface area contributed by atoms with Crippen molar-refractivity contribution in [3.8, 4) is 0 Å². The second-order valence-corrected chi connectivity index (χ2v) is 3.02. The first-order valence-corrected chi connectivity index (χ1v) is 4.32. The molecule has 8 heavy (non-hydrogen) atoms. The molecule has 5 nitrogen and oxygen atoms in total. The fourth-order valence-corrected chi connectivity index (χ4v) is 0. The molecule has 4 N–H and O–H groups in total. The van der Waals surface area contributed by atoms with Gasteiger partial charge in [-0.15, -0.1) is 0 Å². The van der Waals surface area contributed by atoms with Gasteiger partial charge in [0.05, 0.1) is 0 Å². The van der Waals surface area contributed by atoms with Crippen molar-refractivity contribution in [2.24, 2.45) is 0 Å². The van der Waals surface area contributed by atoms with Crippen molar-refractivity contribution in [1.82, 2.24) is 0 Å². The lowest BCUT2D eigenvalue weighted by molar-refractivity contribution is 0.117. The molecule has 0 saturated carbocycles. The molecule has 0 radical (unpaired) electrons. The molecule has 0 fully saturated rings. The van der Waals surface area contributed by atoms with Crippen molar-refractivity contribution in [1.29, 1.82) is 0 Å². The molecule has 0 spiro atoms. The fraction of sp³-hybridized carbons (Fsp3) is 1.00. The van der Waals surface area contributed by atoms with Gasteiger partial charge in [0, 0.05) is 7.11 Å². The van der Waals surface area contributed by atoms with Gasteiger partial charge in [-0.1, -0.05) is 0 Å². The van der Waals surface area contributed by atoms with E-state index in [9.17, 15) is 0 Å². The first-order valence-electron chi connectivity index (χ1n) is 1.71. The summed E-state index contributed by atoms with van der Waals surface area (Å²) >= 11 is 0. The van der Waals surface area contributed by atoms with E-state index in [1.165, 1.54) is 0 Å². The second-order valence-electron chi connectivity index (χ2n) is 1.01. The highest BCUT2D eigenvalue weighted by molar-refractivity contribution is 6.46. The molecule has 0 aliphatic carbocycles. The minimum Gasteiger partial charge on any atom is -0.431 e. The Hall–Kier alpha value is 0.234. The zero-order valence-corrected chi connectivity index (χ0v) is 7.70. The third-order valence-electron chi connectivity index (χ3n) is 0. The Morgan fingerprint density at radius 2 is 1.25 bits per heavy atom. The molecule has 0 aromatic carbocycles. The Balaban J connectivity index is 0. The summed E-state index contributed by atoms with van der Waals surface area (Å²) in [7, 11) is -2.06. The van der Waals surface area contributed by atoms with E-state index < -0.39 is 9.05 Å². The van der Waals surface area contributed by atoms with Crippen LogP contribution in [0.4, 0.5) is 0 Å². The lowest BCUT2D eigenvalue weighted by Gasteiger charge is -1.91. The van der Waals surface area contributed by atoms with Crippen molar-refractivity contribution in [3.63, 3.8) is 0 Å². The van der Waals surface area contributed by atoms with Crippen LogP contribution in [-0.4, -0.2) is 45.8 Å². The standard InChI is InChI=1S/CH6OSi.H4O4Si/c1-2-3;1-5(2,3)4/h1,3H3;1-4H. The molecule has 0 unspecified atom stereocenters. The zero-order chi connectivity index (χ0) is 7.21. The highest BCUT2D eigenvalue weighted by Gasteiger charge is 2.22. The molecule has 0 heterocycles. The van der Waals surface area contributed by atoms with Crippen LogP contribution in [0.2, 0.25) is 0 Å². The van der Waals surface area contributed by atoms with Crippen molar-refractivity contribution in [2.45, 2.75) is 0 Å². The van der Waals surface area contributed by atoms with Crippen LogP contribution in [0.5, 0.6) is 0 Å². The van der Waals surface area contributed by atoms with Crippen LogP contribution in [0.25, 0.3) is 0 Å². The Bertz CT molecular complexity index is 34.2. The van der Waals surface area contributed by atoms with Crippen LogP contribution in [-0.2, 0) is 4.43 Å². The quantitative estimate of drug-likeness (QED) is 0.272. The smallest absolute Gasteiger partial charge is 0.431 e. The largest absolute Gasteiger partial charge is 0.668 e. The maximum Gasteiger partial charge on any atom is 0.668 e. The monoisotopic (exact) mass is 158 g/mol. The SMILES string of the molecule is CO[SiH3].O[Si](O)(O)O. The van der Waals surface area contributed by atoms with Crippen LogP contribution in [0.1, 0.15) is 0 Å². The topological polar surface area (TPSA) is 90.2 Å². The molecular weight excluding hydrogens is 148 g/mol. The van der Waals surface area contributed by atoms with E-state index in [1.807, 2.05) is 0 Å². The first kappa shape index (κ1) is 11.1. The predicted molar refractivity (Wildman–Crippen MR) is 31.6 cm³/mol. The fourth-order valence-electron chi connectivity index (χ4n) is 0. The van der Waals surface area contributed by atoms with Gasteiger partial charge >= 0.3 is 9.05 Å². The minimum absolute atomic E-state index is 0.869. The summed E-state index contributed by atoms with van der Waals surface area (Å²) in [6, 6.07) is 0. The van der Waals surface area contributed by atoms with Gasteiger partial charge in [0.1, 0.15) is 10.5 Å². The van der Waals surface area contributed by atoms with Crippen LogP contribution in [0.3, 0.4) is 0 Å². The van der Waals surface area contributed by atoms with E-state index in [2.05, 4.69) is 4.43 Å². The van der Waals surface area contributed by atoms with E-state index in [1.54, 1.807) is 7.11 Å². The average molecular weight is 158 g/mol. The Morgan fingerprint density at radius 3 is 1.25 bits per heavy atom. The molecular formula is CH10O5Si2. The Labute approximate surface area is 51.2 Å². The van der Waals surface area contributed by atoms with Crippen molar-refractivity contribution in [3.05, 3.63) is 0 Å². The van der Waals surface area contributed by atoms with E-state index in [0.29, 0.717) is 0 Å². The van der Waals surface area contributed by atoms with Crippen LogP contribution < -0.4 is 0 Å². The summed E-state index contributed by atoms with van der Waals surface area (Å²) in [5.41, 5.74) is 0. The van der Waals surface area contributed by atoms with Gasteiger partial charge in [0.15, 0.2) is 0 Å². The summed E-state index contributed by atoms with van der Waals surface area (Å²) in [4.78, 5) is 29.3. The molecule has 0 saturated heterocycles. The lowest BCUT2D eigenvalue weighted by atomic mass is 11.8. The highest BCUT2D eigenvalue weighted by Crippen LogP contribution is 1.67. The van der Waals surface area contributed by atoms with Gasteiger partial charge in [-0.05, 0) is 0 Å². The zero-order valence-electron chi connectivity index (χ0n) is 4.70. The summed E-state index contributed by atoms with van der Waals surface area (Å²) in [6.07, 6.45) is 0. The summed E-state index contributed by atoms with van der Waals surface area (Å²) < 4.78 is 4.39. The number of hydrogen-bond acceptors (Lipinski definition) is 5. The van der Waals surface area contributed by atoms with Crippen molar-refractivity contribution in [2.75, 3.05) is 7.11 Å². The molecule has 0 bridgehead atoms. The van der Waals surface area contributed by atoms with Crippen LogP contribution >= 0.6 is 0 Å². The molecule has 0 aromatic heterocycles. The molecule has 7 heteroatoms. The molecule has 52 valence electrons. The first-order chi connectivity index (χ1) is 3.41. The van der Waals surface area contributed by atoms with Crippen molar-refractivity contribution < 1.29 is 23.6 Å². The predicted octanol–water partition coefficient (Wildman–Crippen LogP) is -3.70. The van der Waals surface area contributed by atoms with E-state index in [-0.39, 0.29) is 0 Å². The Morgan fingerprint density at radius 1 is 1.25 bits per heavy atom. The average Bonchev–Trinajstić information content (AvgIpc) is 1.27. The number of rotatable bonds is 0. The van der Waals surface area contributed by atoms with E-state index in [4.69, 9.17) is 19.2 Å². The van der Waals surface area contributed by atoms with E-state index >= 15 is 0 Å². The maximum atomic E-state index is 7.33. The van der Waals surface area contributed by atoms with Gasteiger partial charge in [-0.3, -0.25) is 0 Å². The van der Waals surface area contributed by atoms with E-state index in [0.717, 1.165) is 10.5 Å². The molecule has 0 atom stereocenters. The van der Waals surface area contributed by atoms with Gasteiger partial charge in [-0.2, -0.15) is 0 Å². The van der Waals surface area contributed by atoms with Crippen LogP contribution in [0, 0.1) is 0 Å². The summed E-state index contributed by atoms with van der Waals surface area (Å²) in [5, 5.41) is 0. The highest BCUT2D eigenvalue weighted by atomic mass is 28.4. The molecule has 0 aliphatic heterocycles.